The van der Waals surface area contributed by atoms with Crippen LogP contribution in [-0.2, 0) is 12.8 Å². The van der Waals surface area contributed by atoms with Crippen molar-refractivity contribution in [2.45, 2.75) is 32.6 Å². The minimum absolute atomic E-state index is 1.20. The molecule has 1 nitrogen and oxygen atoms in total. The van der Waals surface area contributed by atoms with Crippen molar-refractivity contribution in [2.75, 3.05) is 0 Å². The van der Waals surface area contributed by atoms with Crippen molar-refractivity contribution in [3.8, 4) is 0 Å². The van der Waals surface area contributed by atoms with Crippen LogP contribution in [0.5, 0.6) is 0 Å². The zero-order chi connectivity index (χ0) is 10.4. The van der Waals surface area contributed by atoms with E-state index in [2.05, 4.69) is 40.0 Å². The molecule has 0 spiro atoms. The molecule has 15 heavy (non-hydrogen) atoms. The topological polar surface area (TPSA) is 15.8 Å². The van der Waals surface area contributed by atoms with E-state index in [9.17, 15) is 0 Å². The number of halogens is 1. The summed E-state index contributed by atoms with van der Waals surface area (Å²) in [5.74, 6) is 0. The van der Waals surface area contributed by atoms with E-state index in [1.54, 1.807) is 5.56 Å². The third kappa shape index (κ3) is 1.43. The molecule has 1 aliphatic rings. The molecule has 1 aromatic carbocycles. The molecular formula is C13H14BrN. The van der Waals surface area contributed by atoms with Gasteiger partial charge in [-0.15, -0.1) is 0 Å². The van der Waals surface area contributed by atoms with Gasteiger partial charge in [-0.1, -0.05) is 0 Å². The van der Waals surface area contributed by atoms with Crippen LogP contribution in [-0.4, -0.2) is 4.98 Å². The Labute approximate surface area is 98.0 Å². The molecule has 0 radical (unpaired) electrons. The van der Waals surface area contributed by atoms with E-state index >= 15 is 0 Å². The first-order valence-corrected chi connectivity index (χ1v) is 6.34. The summed E-state index contributed by atoms with van der Waals surface area (Å²) < 4.78 is 1.20. The summed E-state index contributed by atoms with van der Waals surface area (Å²) in [7, 11) is 0. The lowest BCUT2D eigenvalue weighted by atomic mass is 9.95. The number of nitrogens with one attached hydrogen (secondary N) is 1. The number of aromatic amines is 1. The van der Waals surface area contributed by atoms with Crippen LogP contribution in [0.25, 0.3) is 10.9 Å². The first-order valence-electron chi connectivity index (χ1n) is 5.55. The van der Waals surface area contributed by atoms with Gasteiger partial charge in [0.2, 0.25) is 0 Å². The van der Waals surface area contributed by atoms with Crippen LogP contribution in [0.1, 0.15) is 29.7 Å². The van der Waals surface area contributed by atoms with Crippen molar-refractivity contribution in [1.82, 2.24) is 4.98 Å². The summed E-state index contributed by atoms with van der Waals surface area (Å²) in [6.07, 6.45) is 5.13. The first-order chi connectivity index (χ1) is 7.25. The summed E-state index contributed by atoms with van der Waals surface area (Å²) in [4.78, 5) is 3.56. The predicted octanol–water partition coefficient (Wildman–Crippen LogP) is 4.12. The van der Waals surface area contributed by atoms with Crippen LogP contribution in [0.2, 0.25) is 0 Å². The quantitative estimate of drug-likeness (QED) is 0.736. The third-order valence-corrected chi connectivity index (χ3v) is 3.93. The molecule has 0 saturated carbocycles. The largest absolute Gasteiger partial charge is 0.357 e. The number of aromatic nitrogens is 1. The molecule has 0 amide bonds. The molecule has 1 aromatic heterocycles. The Balaban J connectivity index is 2.37. The van der Waals surface area contributed by atoms with Gasteiger partial charge in [0.25, 0.3) is 0 Å². The van der Waals surface area contributed by atoms with E-state index in [1.165, 1.54) is 52.3 Å². The molecule has 2 aromatic rings. The van der Waals surface area contributed by atoms with Gasteiger partial charge >= 0.3 is 0 Å². The van der Waals surface area contributed by atoms with Crippen LogP contribution in [0.3, 0.4) is 0 Å². The normalized spacial score (nSPS) is 15.6. The Hall–Kier alpha value is -0.760. The highest BCUT2D eigenvalue weighted by Crippen LogP contribution is 2.33. The number of hydrogen-bond donors (Lipinski definition) is 1. The number of hydrogen-bond acceptors (Lipinski definition) is 0. The maximum atomic E-state index is 3.64. The van der Waals surface area contributed by atoms with Crippen LogP contribution < -0.4 is 0 Å². The van der Waals surface area contributed by atoms with Crippen LogP contribution in [0.4, 0.5) is 0 Å². The van der Waals surface area contributed by atoms with Gasteiger partial charge in [-0.2, -0.15) is 0 Å². The second-order valence-electron chi connectivity index (χ2n) is 4.46. The number of fused-ring (bicyclic) bond motifs is 3. The molecule has 78 valence electrons. The molecule has 1 aliphatic carbocycles. The van der Waals surface area contributed by atoms with Crippen molar-refractivity contribution in [3.05, 3.63) is 33.4 Å². The Morgan fingerprint density at radius 2 is 2.00 bits per heavy atom. The first kappa shape index (κ1) is 9.46. The zero-order valence-electron chi connectivity index (χ0n) is 8.86. The van der Waals surface area contributed by atoms with Crippen molar-refractivity contribution < 1.29 is 0 Å². The predicted molar refractivity (Wildman–Crippen MR) is 67.4 cm³/mol. The van der Waals surface area contributed by atoms with E-state index < -0.39 is 0 Å². The van der Waals surface area contributed by atoms with E-state index in [1.807, 2.05) is 0 Å². The van der Waals surface area contributed by atoms with Gasteiger partial charge < -0.3 is 4.98 Å². The van der Waals surface area contributed by atoms with Crippen molar-refractivity contribution in [2.24, 2.45) is 0 Å². The highest BCUT2D eigenvalue weighted by atomic mass is 79.9. The zero-order valence-corrected chi connectivity index (χ0v) is 10.4. The lowest BCUT2D eigenvalue weighted by molar-refractivity contribution is 0.680. The molecule has 0 atom stereocenters. The highest BCUT2D eigenvalue weighted by molar-refractivity contribution is 9.10. The Bertz CT molecular complexity index is 525. The lowest BCUT2D eigenvalue weighted by Crippen LogP contribution is -1.99. The van der Waals surface area contributed by atoms with E-state index in [0.29, 0.717) is 0 Å². The van der Waals surface area contributed by atoms with Gasteiger partial charge in [0.05, 0.1) is 5.52 Å². The molecule has 1 N–H and O–H groups in total. The Kier molecular flexibility index (Phi) is 2.13. The monoisotopic (exact) mass is 263 g/mol. The van der Waals surface area contributed by atoms with Gasteiger partial charge in [0, 0.05) is 15.6 Å². The van der Waals surface area contributed by atoms with Crippen molar-refractivity contribution in [1.29, 1.82) is 0 Å². The van der Waals surface area contributed by atoms with Crippen LogP contribution in [0, 0.1) is 6.92 Å². The minimum atomic E-state index is 1.20. The fraction of sp³-hybridized carbons (Fsp3) is 0.385. The number of aryl methyl sites for hydroxylation is 3. The summed E-state index contributed by atoms with van der Waals surface area (Å²) in [5.41, 5.74) is 5.64. The molecule has 2 heteroatoms. The Morgan fingerprint density at radius 1 is 1.20 bits per heavy atom. The van der Waals surface area contributed by atoms with Gasteiger partial charge in [-0.05, 0) is 71.8 Å². The molecule has 0 saturated heterocycles. The standard InChI is InChI=1S/C13H14BrN/c1-8-6-10-9-4-2-3-5-12(9)15-13(10)11(14)7-8/h6-7,15H,2-5H2,1H3. The Morgan fingerprint density at radius 3 is 2.87 bits per heavy atom. The summed E-state index contributed by atoms with van der Waals surface area (Å²) in [6.45, 7) is 2.16. The average molecular weight is 264 g/mol. The van der Waals surface area contributed by atoms with Gasteiger partial charge in [0.1, 0.15) is 0 Å². The van der Waals surface area contributed by atoms with Crippen LogP contribution in [0.15, 0.2) is 16.6 Å². The second-order valence-corrected chi connectivity index (χ2v) is 5.31. The maximum absolute atomic E-state index is 3.64. The third-order valence-electron chi connectivity index (χ3n) is 3.30. The highest BCUT2D eigenvalue weighted by Gasteiger charge is 2.16. The number of rotatable bonds is 0. The van der Waals surface area contributed by atoms with E-state index in [4.69, 9.17) is 0 Å². The fourth-order valence-electron chi connectivity index (χ4n) is 2.60. The minimum Gasteiger partial charge on any atom is -0.357 e. The summed E-state index contributed by atoms with van der Waals surface area (Å²) in [5, 5.41) is 1.43. The van der Waals surface area contributed by atoms with E-state index in [-0.39, 0.29) is 0 Å². The van der Waals surface area contributed by atoms with Crippen molar-refractivity contribution in [3.63, 3.8) is 0 Å². The molecule has 0 aliphatic heterocycles. The molecule has 0 unspecified atom stereocenters. The van der Waals surface area contributed by atoms with E-state index in [0.717, 1.165) is 0 Å². The summed E-state index contributed by atoms with van der Waals surface area (Å²) in [6, 6.07) is 4.49. The van der Waals surface area contributed by atoms with Gasteiger partial charge in [0.15, 0.2) is 0 Å². The molecule has 0 bridgehead atoms. The fourth-order valence-corrected chi connectivity index (χ4v) is 3.27. The molecule has 1 heterocycles. The van der Waals surface area contributed by atoms with Gasteiger partial charge in [-0.25, -0.2) is 0 Å². The van der Waals surface area contributed by atoms with Crippen LogP contribution >= 0.6 is 15.9 Å². The maximum Gasteiger partial charge on any atom is 0.0603 e. The number of H-pyrrole nitrogens is 1. The smallest absolute Gasteiger partial charge is 0.0603 e. The second kappa shape index (κ2) is 3.38. The number of benzene rings is 1. The lowest BCUT2D eigenvalue weighted by Gasteiger charge is -2.10. The molecule has 3 rings (SSSR count). The molecule has 0 fully saturated rings. The SMILES string of the molecule is Cc1cc(Br)c2[nH]c3c(c2c1)CCCC3. The van der Waals surface area contributed by atoms with Crippen molar-refractivity contribution >= 4 is 26.8 Å². The summed E-state index contributed by atoms with van der Waals surface area (Å²) >= 11 is 3.64. The average Bonchev–Trinajstić information content (AvgIpc) is 2.57. The van der Waals surface area contributed by atoms with Gasteiger partial charge in [-0.3, -0.25) is 0 Å². The molecular weight excluding hydrogens is 250 g/mol.